The van der Waals surface area contributed by atoms with Gasteiger partial charge in [0.05, 0.1) is 30.2 Å². The van der Waals surface area contributed by atoms with E-state index in [0.29, 0.717) is 26.2 Å². The summed E-state index contributed by atoms with van der Waals surface area (Å²) in [7, 11) is 0. The Morgan fingerprint density at radius 1 is 1.07 bits per heavy atom. The standard InChI is InChI=1S/C23H29N3O3/c1-4-10-22(27)24-17(3)23-25-18-11-6-7-12-19(18)26(23)15-16-29-21-14-9-8-13-20(21)28-5-2/h6-9,11-14,17H,4-5,10,15-16H2,1-3H3,(H,24,27). The third kappa shape index (κ3) is 5.08. The lowest BCUT2D eigenvalue weighted by Crippen LogP contribution is -2.28. The minimum absolute atomic E-state index is 0.0421. The van der Waals surface area contributed by atoms with Crippen LogP contribution in [0.1, 0.15) is 45.5 Å². The number of nitrogens with zero attached hydrogens (tertiary/aromatic N) is 2. The van der Waals surface area contributed by atoms with Crippen molar-refractivity contribution in [2.24, 2.45) is 0 Å². The van der Waals surface area contributed by atoms with Crippen LogP contribution in [0.15, 0.2) is 48.5 Å². The number of para-hydroxylation sites is 4. The van der Waals surface area contributed by atoms with Gasteiger partial charge in [0, 0.05) is 6.42 Å². The first-order valence-electron chi connectivity index (χ1n) is 10.2. The second kappa shape index (κ2) is 9.96. The maximum atomic E-state index is 12.1. The molecule has 1 unspecified atom stereocenters. The van der Waals surface area contributed by atoms with E-state index in [2.05, 4.69) is 9.88 Å². The topological polar surface area (TPSA) is 65.4 Å². The zero-order valence-corrected chi connectivity index (χ0v) is 17.4. The molecule has 29 heavy (non-hydrogen) atoms. The van der Waals surface area contributed by atoms with Crippen LogP contribution in [0.3, 0.4) is 0 Å². The van der Waals surface area contributed by atoms with Gasteiger partial charge >= 0.3 is 0 Å². The van der Waals surface area contributed by atoms with Crippen molar-refractivity contribution in [3.05, 3.63) is 54.4 Å². The van der Waals surface area contributed by atoms with Crippen molar-refractivity contribution in [2.45, 2.75) is 46.2 Å². The van der Waals surface area contributed by atoms with Crippen LogP contribution in [0.5, 0.6) is 11.5 Å². The van der Waals surface area contributed by atoms with Crippen molar-refractivity contribution in [3.63, 3.8) is 0 Å². The zero-order valence-electron chi connectivity index (χ0n) is 17.4. The smallest absolute Gasteiger partial charge is 0.220 e. The lowest BCUT2D eigenvalue weighted by atomic mass is 10.2. The fourth-order valence-electron chi connectivity index (χ4n) is 3.36. The quantitative estimate of drug-likeness (QED) is 0.549. The summed E-state index contributed by atoms with van der Waals surface area (Å²) in [5.41, 5.74) is 1.94. The number of amides is 1. The molecule has 1 heterocycles. The number of carbonyl (C=O) groups excluding carboxylic acids is 1. The summed E-state index contributed by atoms with van der Waals surface area (Å²) in [6, 6.07) is 15.5. The highest BCUT2D eigenvalue weighted by molar-refractivity contribution is 5.78. The molecule has 3 rings (SSSR count). The number of nitrogens with one attached hydrogen (secondary N) is 1. The summed E-state index contributed by atoms with van der Waals surface area (Å²) >= 11 is 0. The van der Waals surface area contributed by atoms with Crippen LogP contribution in [-0.4, -0.2) is 28.7 Å². The third-order valence-corrected chi connectivity index (χ3v) is 4.65. The molecule has 0 fully saturated rings. The zero-order chi connectivity index (χ0) is 20.6. The molecule has 2 aromatic carbocycles. The van der Waals surface area contributed by atoms with Gasteiger partial charge in [-0.15, -0.1) is 0 Å². The summed E-state index contributed by atoms with van der Waals surface area (Å²) in [6.45, 7) is 7.59. The predicted molar refractivity (Wildman–Crippen MR) is 114 cm³/mol. The van der Waals surface area contributed by atoms with E-state index in [1.54, 1.807) is 0 Å². The monoisotopic (exact) mass is 395 g/mol. The van der Waals surface area contributed by atoms with Crippen molar-refractivity contribution in [2.75, 3.05) is 13.2 Å². The number of carbonyl (C=O) groups is 1. The molecule has 0 aliphatic rings. The SMILES string of the molecule is CCCC(=O)NC(C)c1nc2ccccc2n1CCOc1ccccc1OCC. The lowest BCUT2D eigenvalue weighted by Gasteiger charge is -2.17. The molecule has 154 valence electrons. The Bertz CT molecular complexity index is 951. The van der Waals surface area contributed by atoms with Crippen LogP contribution in [0.4, 0.5) is 0 Å². The third-order valence-electron chi connectivity index (χ3n) is 4.65. The molecule has 1 amide bonds. The van der Waals surface area contributed by atoms with Crippen molar-refractivity contribution in [3.8, 4) is 11.5 Å². The number of fused-ring (bicyclic) bond motifs is 1. The highest BCUT2D eigenvalue weighted by Gasteiger charge is 2.18. The highest BCUT2D eigenvalue weighted by atomic mass is 16.5. The van der Waals surface area contributed by atoms with Crippen LogP contribution in [0.2, 0.25) is 0 Å². The van der Waals surface area contributed by atoms with Gasteiger partial charge in [0.2, 0.25) is 5.91 Å². The van der Waals surface area contributed by atoms with Crippen molar-refractivity contribution in [1.82, 2.24) is 14.9 Å². The van der Waals surface area contributed by atoms with Gasteiger partial charge in [0.1, 0.15) is 12.4 Å². The minimum atomic E-state index is -0.183. The van der Waals surface area contributed by atoms with Crippen LogP contribution in [-0.2, 0) is 11.3 Å². The molecule has 0 aliphatic heterocycles. The maximum absolute atomic E-state index is 12.1. The van der Waals surface area contributed by atoms with Crippen molar-refractivity contribution in [1.29, 1.82) is 0 Å². The van der Waals surface area contributed by atoms with E-state index in [1.807, 2.05) is 69.3 Å². The van der Waals surface area contributed by atoms with Gasteiger partial charge in [-0.05, 0) is 44.5 Å². The normalized spacial score (nSPS) is 12.0. The van der Waals surface area contributed by atoms with Crippen LogP contribution >= 0.6 is 0 Å². The van der Waals surface area contributed by atoms with Crippen molar-refractivity contribution >= 4 is 16.9 Å². The number of ether oxygens (including phenoxy) is 2. The molecule has 6 nitrogen and oxygen atoms in total. The van der Waals surface area contributed by atoms with E-state index < -0.39 is 0 Å². The van der Waals surface area contributed by atoms with Gasteiger partial charge in [-0.25, -0.2) is 4.98 Å². The first kappa shape index (κ1) is 20.7. The Kier molecular flexibility index (Phi) is 7.11. The first-order chi connectivity index (χ1) is 14.1. The number of benzene rings is 2. The molecule has 1 N–H and O–H groups in total. The lowest BCUT2D eigenvalue weighted by molar-refractivity contribution is -0.121. The molecule has 0 saturated heterocycles. The molecule has 0 spiro atoms. The fourth-order valence-corrected chi connectivity index (χ4v) is 3.36. The predicted octanol–water partition coefficient (Wildman–Crippen LogP) is 4.49. The molecule has 1 aromatic heterocycles. The second-order valence-corrected chi connectivity index (χ2v) is 6.88. The van der Waals surface area contributed by atoms with Crippen molar-refractivity contribution < 1.29 is 14.3 Å². The van der Waals surface area contributed by atoms with Crippen LogP contribution < -0.4 is 14.8 Å². The molecule has 3 aromatic rings. The summed E-state index contributed by atoms with van der Waals surface area (Å²) in [5, 5.41) is 3.05. The fraction of sp³-hybridized carbons (Fsp3) is 0.391. The van der Waals surface area contributed by atoms with Gasteiger partial charge < -0.3 is 19.4 Å². The second-order valence-electron chi connectivity index (χ2n) is 6.88. The van der Waals surface area contributed by atoms with Gasteiger partial charge in [0.25, 0.3) is 0 Å². The Hall–Kier alpha value is -3.02. The summed E-state index contributed by atoms with van der Waals surface area (Å²) in [5.74, 6) is 2.34. The van der Waals surface area contributed by atoms with Gasteiger partial charge in [0.15, 0.2) is 11.5 Å². The Morgan fingerprint density at radius 2 is 1.76 bits per heavy atom. The summed E-state index contributed by atoms with van der Waals surface area (Å²) in [6.07, 6.45) is 1.34. The average Bonchev–Trinajstić information content (AvgIpc) is 3.08. The Balaban J connectivity index is 1.78. The van der Waals surface area contributed by atoms with Gasteiger partial charge in [-0.2, -0.15) is 0 Å². The van der Waals surface area contributed by atoms with Gasteiger partial charge in [-0.1, -0.05) is 31.2 Å². The first-order valence-corrected chi connectivity index (χ1v) is 10.2. The highest BCUT2D eigenvalue weighted by Crippen LogP contribution is 2.27. The summed E-state index contributed by atoms with van der Waals surface area (Å²) in [4.78, 5) is 16.8. The number of hydrogen-bond acceptors (Lipinski definition) is 4. The van der Waals surface area contributed by atoms with Gasteiger partial charge in [-0.3, -0.25) is 4.79 Å². The van der Waals surface area contributed by atoms with E-state index in [4.69, 9.17) is 14.5 Å². The summed E-state index contributed by atoms with van der Waals surface area (Å²) < 4.78 is 13.8. The molecule has 6 heteroatoms. The minimum Gasteiger partial charge on any atom is -0.490 e. The van der Waals surface area contributed by atoms with Crippen LogP contribution in [0, 0.1) is 0 Å². The molecule has 0 bridgehead atoms. The van der Waals surface area contributed by atoms with E-state index in [9.17, 15) is 4.79 Å². The molecule has 0 saturated carbocycles. The molecule has 0 aliphatic carbocycles. The van der Waals surface area contributed by atoms with E-state index in [-0.39, 0.29) is 11.9 Å². The number of imidazole rings is 1. The van der Waals surface area contributed by atoms with E-state index >= 15 is 0 Å². The molecule has 1 atom stereocenters. The number of rotatable bonds is 10. The maximum Gasteiger partial charge on any atom is 0.220 e. The molecule has 0 radical (unpaired) electrons. The molecular weight excluding hydrogens is 366 g/mol. The number of aromatic nitrogens is 2. The Morgan fingerprint density at radius 3 is 2.48 bits per heavy atom. The Labute approximate surface area is 171 Å². The average molecular weight is 396 g/mol. The van der Waals surface area contributed by atoms with E-state index in [1.165, 1.54) is 0 Å². The molecular formula is C23H29N3O3. The number of hydrogen-bond donors (Lipinski definition) is 1. The van der Waals surface area contributed by atoms with E-state index in [0.717, 1.165) is 34.8 Å². The van der Waals surface area contributed by atoms with Crippen LogP contribution in [0.25, 0.3) is 11.0 Å². The largest absolute Gasteiger partial charge is 0.490 e.